The van der Waals surface area contributed by atoms with Crippen LogP contribution in [0.4, 0.5) is 0 Å². The van der Waals surface area contributed by atoms with Crippen molar-refractivity contribution in [1.82, 2.24) is 0 Å². The van der Waals surface area contributed by atoms with Gasteiger partial charge in [0.25, 0.3) is 0 Å². The molecule has 1 aromatic heterocycles. The van der Waals surface area contributed by atoms with E-state index in [2.05, 4.69) is 123 Å². The lowest BCUT2D eigenvalue weighted by Crippen LogP contribution is -2.23. The highest BCUT2D eigenvalue weighted by molar-refractivity contribution is 7.26. The molecule has 1 heterocycles. The van der Waals surface area contributed by atoms with Gasteiger partial charge >= 0.3 is 0 Å². The third-order valence-electron chi connectivity index (χ3n) is 8.27. The van der Waals surface area contributed by atoms with Gasteiger partial charge in [-0.05, 0) is 55.4 Å². The molecule has 7 aromatic rings. The number of benzene rings is 6. The lowest BCUT2D eigenvalue weighted by molar-refractivity contribution is 0.645. The molecule has 0 nitrogen and oxygen atoms in total. The number of hydrogen-bond acceptors (Lipinski definition) is 1. The van der Waals surface area contributed by atoms with Gasteiger partial charge in [-0.2, -0.15) is 0 Å². The van der Waals surface area contributed by atoms with E-state index in [1.807, 2.05) is 11.3 Å². The molecule has 8 rings (SSSR count). The molecule has 0 amide bonds. The maximum absolute atomic E-state index is 2.38. The molecule has 1 aliphatic carbocycles. The van der Waals surface area contributed by atoms with Crippen LogP contribution in [-0.4, -0.2) is 0 Å². The number of thiophene rings is 1. The molecule has 0 saturated heterocycles. The lowest BCUT2D eigenvalue weighted by Gasteiger charge is -2.36. The van der Waals surface area contributed by atoms with Crippen molar-refractivity contribution in [3.05, 3.63) is 120 Å². The molecular formula is C35H24S. The highest BCUT2D eigenvalue weighted by Gasteiger charge is 2.35. The second-order valence-electron chi connectivity index (χ2n) is 10.5. The molecule has 0 spiro atoms. The minimum absolute atomic E-state index is 0.0630. The highest BCUT2D eigenvalue weighted by Crippen LogP contribution is 2.54. The molecule has 0 N–H and O–H groups in total. The van der Waals surface area contributed by atoms with Crippen molar-refractivity contribution in [2.45, 2.75) is 19.3 Å². The number of rotatable bonds is 1. The van der Waals surface area contributed by atoms with Crippen LogP contribution in [0.5, 0.6) is 0 Å². The lowest BCUT2D eigenvalue weighted by atomic mass is 9.67. The van der Waals surface area contributed by atoms with E-state index in [1.54, 1.807) is 0 Å². The fourth-order valence-corrected chi connectivity index (χ4v) is 7.88. The number of fused-ring (bicyclic) bond motifs is 7. The Morgan fingerprint density at radius 1 is 0.472 bits per heavy atom. The van der Waals surface area contributed by atoms with Crippen LogP contribution in [0.15, 0.2) is 109 Å². The van der Waals surface area contributed by atoms with Crippen LogP contribution in [0.2, 0.25) is 0 Å². The third kappa shape index (κ3) is 2.49. The normalized spacial score (nSPS) is 14.1. The van der Waals surface area contributed by atoms with Crippen LogP contribution < -0.4 is 0 Å². The zero-order valence-corrected chi connectivity index (χ0v) is 21.1. The molecule has 6 aromatic carbocycles. The smallest absolute Gasteiger partial charge is 0.0434 e. The van der Waals surface area contributed by atoms with E-state index in [0.717, 1.165) is 0 Å². The standard InChI is InChI=1S/C35H24S/c1-35(2)28-18-7-5-14-25(28)32-23-13-4-3-12-22(23)31(26-16-10-19-29(35)33(26)32)27-17-9-15-24-21-11-6-8-20-30(21)36-34(24)27/h3-20H,1-2H3. The Morgan fingerprint density at radius 2 is 1.06 bits per heavy atom. The van der Waals surface area contributed by atoms with Crippen molar-refractivity contribution in [1.29, 1.82) is 0 Å². The molecule has 170 valence electrons. The summed E-state index contributed by atoms with van der Waals surface area (Å²) in [4.78, 5) is 0. The molecule has 0 aliphatic heterocycles. The highest BCUT2D eigenvalue weighted by atomic mass is 32.1. The van der Waals surface area contributed by atoms with Gasteiger partial charge < -0.3 is 0 Å². The molecule has 1 heteroatoms. The average molecular weight is 477 g/mol. The topological polar surface area (TPSA) is 0 Å². The minimum Gasteiger partial charge on any atom is -0.135 e. The van der Waals surface area contributed by atoms with E-state index >= 15 is 0 Å². The summed E-state index contributed by atoms with van der Waals surface area (Å²) in [5.74, 6) is 0. The van der Waals surface area contributed by atoms with Gasteiger partial charge in [0.15, 0.2) is 0 Å². The SMILES string of the molecule is CC1(C)c2ccccc2-c2c3ccccc3c(-c3cccc4c3sc3ccccc34)c3cccc1c23. The summed E-state index contributed by atoms with van der Waals surface area (Å²) in [6.45, 7) is 4.76. The van der Waals surface area contributed by atoms with Gasteiger partial charge in [-0.3, -0.25) is 0 Å². The van der Waals surface area contributed by atoms with Crippen LogP contribution >= 0.6 is 11.3 Å². The Hall–Kier alpha value is -3.94. The monoisotopic (exact) mass is 476 g/mol. The van der Waals surface area contributed by atoms with Crippen molar-refractivity contribution in [2.75, 3.05) is 0 Å². The van der Waals surface area contributed by atoms with Crippen molar-refractivity contribution in [2.24, 2.45) is 0 Å². The first kappa shape index (κ1) is 20.3. The zero-order chi connectivity index (χ0) is 24.0. The summed E-state index contributed by atoms with van der Waals surface area (Å²) in [5, 5.41) is 8.14. The average Bonchev–Trinajstić information content (AvgIpc) is 3.30. The Labute approximate surface area is 214 Å². The van der Waals surface area contributed by atoms with Crippen LogP contribution in [0, 0.1) is 0 Å². The summed E-state index contributed by atoms with van der Waals surface area (Å²) in [7, 11) is 0. The summed E-state index contributed by atoms with van der Waals surface area (Å²) in [6.07, 6.45) is 0. The van der Waals surface area contributed by atoms with Gasteiger partial charge in [-0.25, -0.2) is 0 Å². The van der Waals surface area contributed by atoms with E-state index in [1.165, 1.54) is 75.1 Å². The summed E-state index contributed by atoms with van der Waals surface area (Å²) in [6, 6.07) is 40.7. The first-order valence-corrected chi connectivity index (χ1v) is 13.4. The molecule has 1 aliphatic rings. The maximum atomic E-state index is 2.38. The van der Waals surface area contributed by atoms with Crippen LogP contribution in [0.1, 0.15) is 25.0 Å². The quantitative estimate of drug-likeness (QED) is 0.207. The number of hydrogen-bond donors (Lipinski definition) is 0. The molecule has 0 bridgehead atoms. The van der Waals surface area contributed by atoms with Crippen LogP contribution in [0.25, 0.3) is 64.0 Å². The molecule has 0 radical (unpaired) electrons. The Balaban J connectivity index is 1.63. The van der Waals surface area contributed by atoms with Gasteiger partial charge in [0, 0.05) is 31.2 Å². The largest absolute Gasteiger partial charge is 0.135 e. The van der Waals surface area contributed by atoms with Crippen LogP contribution in [0.3, 0.4) is 0 Å². The molecule has 0 saturated carbocycles. The second-order valence-corrected chi connectivity index (χ2v) is 11.5. The van der Waals surface area contributed by atoms with Gasteiger partial charge in [-0.1, -0.05) is 117 Å². The summed E-state index contributed by atoms with van der Waals surface area (Å²) in [5.41, 5.74) is 8.22. The summed E-state index contributed by atoms with van der Waals surface area (Å²) < 4.78 is 2.72. The van der Waals surface area contributed by atoms with Gasteiger partial charge in [0.1, 0.15) is 0 Å². The Morgan fingerprint density at radius 3 is 1.92 bits per heavy atom. The summed E-state index contributed by atoms with van der Waals surface area (Å²) >= 11 is 1.92. The van der Waals surface area contributed by atoms with Crippen molar-refractivity contribution < 1.29 is 0 Å². The van der Waals surface area contributed by atoms with E-state index in [9.17, 15) is 0 Å². The first-order chi connectivity index (χ1) is 17.6. The Bertz CT molecular complexity index is 2020. The fourth-order valence-electron chi connectivity index (χ4n) is 6.65. The predicted octanol–water partition coefficient (Wildman–Crippen LogP) is 10.3. The first-order valence-electron chi connectivity index (χ1n) is 12.6. The van der Waals surface area contributed by atoms with E-state index in [-0.39, 0.29) is 5.41 Å². The van der Waals surface area contributed by atoms with Crippen molar-refractivity contribution >= 4 is 53.1 Å². The van der Waals surface area contributed by atoms with Gasteiger partial charge in [-0.15, -0.1) is 11.3 Å². The third-order valence-corrected chi connectivity index (χ3v) is 9.49. The maximum Gasteiger partial charge on any atom is 0.0434 e. The zero-order valence-electron chi connectivity index (χ0n) is 20.3. The molecule has 0 atom stereocenters. The molecule has 36 heavy (non-hydrogen) atoms. The van der Waals surface area contributed by atoms with Gasteiger partial charge in [0.05, 0.1) is 0 Å². The van der Waals surface area contributed by atoms with Gasteiger partial charge in [0.2, 0.25) is 0 Å². The Kier molecular flexibility index (Phi) is 3.97. The van der Waals surface area contributed by atoms with Crippen molar-refractivity contribution in [3.63, 3.8) is 0 Å². The molecular weight excluding hydrogens is 452 g/mol. The van der Waals surface area contributed by atoms with Crippen molar-refractivity contribution in [3.8, 4) is 22.3 Å². The van der Waals surface area contributed by atoms with E-state index in [0.29, 0.717) is 0 Å². The van der Waals surface area contributed by atoms with E-state index in [4.69, 9.17) is 0 Å². The molecule has 0 unspecified atom stereocenters. The fraction of sp³-hybridized carbons (Fsp3) is 0.0857. The van der Waals surface area contributed by atoms with E-state index < -0.39 is 0 Å². The predicted molar refractivity (Wildman–Crippen MR) is 157 cm³/mol. The molecule has 0 fully saturated rings. The van der Waals surface area contributed by atoms with Crippen LogP contribution in [-0.2, 0) is 5.41 Å². The minimum atomic E-state index is -0.0630. The second kappa shape index (κ2) is 7.06.